The van der Waals surface area contributed by atoms with Crippen molar-refractivity contribution in [3.05, 3.63) is 77.5 Å². The Bertz CT molecular complexity index is 959. The molecule has 3 aromatic rings. The van der Waals surface area contributed by atoms with Gasteiger partial charge in [0.15, 0.2) is 0 Å². The Morgan fingerprint density at radius 3 is 2.81 bits per heavy atom. The quantitative estimate of drug-likeness (QED) is 0.479. The lowest BCUT2D eigenvalue weighted by Crippen LogP contribution is -2.07. The Morgan fingerprint density at radius 1 is 1.27 bits per heavy atom. The van der Waals surface area contributed by atoms with E-state index in [4.69, 9.17) is 14.4 Å². The van der Waals surface area contributed by atoms with E-state index in [1.54, 1.807) is 59.4 Å². The van der Waals surface area contributed by atoms with Crippen molar-refractivity contribution in [2.45, 2.75) is 20.1 Å². The maximum atomic E-state index is 12.2. The molecular weight excluding hydrogens is 330 g/mol. The fourth-order valence-corrected chi connectivity index (χ4v) is 2.38. The fraction of sp³-hybridized carbons (Fsp3) is 0.150. The lowest BCUT2D eigenvalue weighted by atomic mass is 10.2. The predicted octanol–water partition coefficient (Wildman–Crippen LogP) is 3.84. The van der Waals surface area contributed by atoms with Gasteiger partial charge in [0.05, 0.1) is 11.6 Å². The van der Waals surface area contributed by atoms with E-state index in [-0.39, 0.29) is 12.4 Å². The first-order valence-corrected chi connectivity index (χ1v) is 8.15. The molecule has 3 rings (SSSR count). The Morgan fingerprint density at radius 2 is 2.08 bits per heavy atom. The molecule has 6 heteroatoms. The molecule has 0 unspecified atom stereocenters. The van der Waals surface area contributed by atoms with Crippen molar-refractivity contribution in [2.75, 3.05) is 0 Å². The lowest BCUT2D eigenvalue weighted by Gasteiger charge is -2.03. The summed E-state index contributed by atoms with van der Waals surface area (Å²) in [4.78, 5) is 12.2. The number of carbonyl (C=O) groups excluding carboxylic acids is 1. The summed E-state index contributed by atoms with van der Waals surface area (Å²) in [5.41, 5.74) is 1.12. The van der Waals surface area contributed by atoms with E-state index in [2.05, 4.69) is 11.2 Å². The summed E-state index contributed by atoms with van der Waals surface area (Å²) in [7, 11) is 0. The highest BCUT2D eigenvalue weighted by Crippen LogP contribution is 2.16. The van der Waals surface area contributed by atoms with Gasteiger partial charge in [-0.25, -0.2) is 0 Å². The molecule has 0 saturated carbocycles. The highest BCUT2D eigenvalue weighted by Gasteiger charge is 2.08. The molecule has 0 bridgehead atoms. The molecule has 130 valence electrons. The summed E-state index contributed by atoms with van der Waals surface area (Å²) in [5.74, 6) is 1.73. The number of aromatic nitrogens is 2. The van der Waals surface area contributed by atoms with Crippen molar-refractivity contribution in [3.8, 4) is 11.8 Å². The molecule has 26 heavy (non-hydrogen) atoms. The third kappa shape index (κ3) is 4.08. The average Bonchev–Trinajstić information content (AvgIpc) is 3.34. The van der Waals surface area contributed by atoms with Gasteiger partial charge in [-0.3, -0.25) is 9.48 Å². The minimum Gasteiger partial charge on any atom is -0.486 e. The summed E-state index contributed by atoms with van der Waals surface area (Å²) >= 11 is 0. The number of rotatable bonds is 7. The number of nitriles is 1. The smallest absolute Gasteiger partial charge is 0.203 e. The largest absolute Gasteiger partial charge is 0.486 e. The standard InChI is InChI=1S/C20H17N3O3/c1-2-23-19(11-12-22-23)20(24)10-9-17-7-8-18(26-17)14-25-16-5-3-15(13-21)4-6-16/h3-12H,2,14H2,1H3/b10-9+. The van der Waals surface area contributed by atoms with Gasteiger partial charge in [-0.15, -0.1) is 0 Å². The summed E-state index contributed by atoms with van der Waals surface area (Å²) in [6, 6.07) is 14.2. The molecular formula is C20H17N3O3. The SMILES string of the molecule is CCn1nccc1C(=O)/C=C/c1ccc(COc2ccc(C#N)cc2)o1. The zero-order chi connectivity index (χ0) is 18.4. The van der Waals surface area contributed by atoms with Crippen LogP contribution in [0.2, 0.25) is 0 Å². The number of hydrogen-bond acceptors (Lipinski definition) is 5. The number of nitrogens with zero attached hydrogens (tertiary/aromatic N) is 3. The van der Waals surface area contributed by atoms with Crippen molar-refractivity contribution >= 4 is 11.9 Å². The van der Waals surface area contributed by atoms with E-state index in [0.717, 1.165) is 0 Å². The number of aryl methyl sites for hydroxylation is 1. The second-order valence-corrected chi connectivity index (χ2v) is 5.46. The Labute approximate surface area is 150 Å². The van der Waals surface area contributed by atoms with Crippen molar-refractivity contribution in [1.82, 2.24) is 9.78 Å². The number of hydrogen-bond donors (Lipinski definition) is 0. The van der Waals surface area contributed by atoms with E-state index in [0.29, 0.717) is 35.1 Å². The molecule has 0 aliphatic heterocycles. The summed E-state index contributed by atoms with van der Waals surface area (Å²) in [5, 5.41) is 12.9. The molecule has 0 spiro atoms. The summed E-state index contributed by atoms with van der Waals surface area (Å²) in [6.45, 7) is 2.83. The van der Waals surface area contributed by atoms with Crippen LogP contribution in [0.1, 0.15) is 34.5 Å². The molecule has 0 aliphatic carbocycles. The van der Waals surface area contributed by atoms with Crippen LogP contribution < -0.4 is 4.74 Å². The molecule has 2 heterocycles. The van der Waals surface area contributed by atoms with Crippen molar-refractivity contribution in [3.63, 3.8) is 0 Å². The minimum atomic E-state index is -0.129. The van der Waals surface area contributed by atoms with E-state index >= 15 is 0 Å². The van der Waals surface area contributed by atoms with Crippen LogP contribution in [0.5, 0.6) is 5.75 Å². The molecule has 0 N–H and O–H groups in total. The van der Waals surface area contributed by atoms with Gasteiger partial charge < -0.3 is 9.15 Å². The first-order chi connectivity index (χ1) is 12.7. The van der Waals surface area contributed by atoms with Gasteiger partial charge in [0, 0.05) is 12.7 Å². The Hall–Kier alpha value is -3.59. The van der Waals surface area contributed by atoms with Crippen molar-refractivity contribution in [1.29, 1.82) is 5.26 Å². The average molecular weight is 347 g/mol. The number of carbonyl (C=O) groups is 1. The highest BCUT2D eigenvalue weighted by molar-refractivity contribution is 6.05. The minimum absolute atomic E-state index is 0.129. The summed E-state index contributed by atoms with van der Waals surface area (Å²) < 4.78 is 12.9. The number of benzene rings is 1. The molecule has 1 aromatic carbocycles. The molecule has 0 saturated heterocycles. The third-order valence-electron chi connectivity index (χ3n) is 3.71. The molecule has 0 fully saturated rings. The fourth-order valence-electron chi connectivity index (χ4n) is 2.38. The van der Waals surface area contributed by atoms with Crippen LogP contribution in [-0.2, 0) is 13.2 Å². The van der Waals surface area contributed by atoms with E-state index in [9.17, 15) is 4.79 Å². The van der Waals surface area contributed by atoms with Gasteiger partial charge in [-0.1, -0.05) is 0 Å². The maximum Gasteiger partial charge on any atom is 0.203 e. The number of furan rings is 1. The topological polar surface area (TPSA) is 81.0 Å². The van der Waals surface area contributed by atoms with Crippen molar-refractivity contribution in [2.24, 2.45) is 0 Å². The summed E-state index contributed by atoms with van der Waals surface area (Å²) in [6.07, 6.45) is 4.70. The Kier molecular flexibility index (Phi) is 5.30. The first-order valence-electron chi connectivity index (χ1n) is 8.15. The van der Waals surface area contributed by atoms with Crippen LogP contribution in [0, 0.1) is 11.3 Å². The monoisotopic (exact) mass is 347 g/mol. The molecule has 0 amide bonds. The molecule has 2 aromatic heterocycles. The molecule has 0 radical (unpaired) electrons. The van der Waals surface area contributed by atoms with Crippen LogP contribution in [0.3, 0.4) is 0 Å². The van der Waals surface area contributed by atoms with Gasteiger partial charge in [-0.05, 0) is 61.5 Å². The second-order valence-electron chi connectivity index (χ2n) is 5.46. The molecule has 0 atom stereocenters. The predicted molar refractivity (Wildman–Crippen MR) is 95.5 cm³/mol. The van der Waals surface area contributed by atoms with Crippen LogP contribution in [0.25, 0.3) is 6.08 Å². The van der Waals surface area contributed by atoms with E-state index < -0.39 is 0 Å². The van der Waals surface area contributed by atoms with E-state index in [1.807, 2.05) is 6.92 Å². The lowest BCUT2D eigenvalue weighted by molar-refractivity contribution is 0.103. The van der Waals surface area contributed by atoms with Crippen LogP contribution >= 0.6 is 0 Å². The second kappa shape index (κ2) is 7.99. The van der Waals surface area contributed by atoms with Gasteiger partial charge in [0.1, 0.15) is 29.6 Å². The van der Waals surface area contributed by atoms with Gasteiger partial charge in [-0.2, -0.15) is 10.4 Å². The first kappa shape index (κ1) is 17.2. The van der Waals surface area contributed by atoms with Gasteiger partial charge in [0.2, 0.25) is 5.78 Å². The maximum absolute atomic E-state index is 12.2. The van der Waals surface area contributed by atoms with Crippen LogP contribution in [0.15, 0.2) is 59.2 Å². The normalized spacial score (nSPS) is 10.8. The number of ketones is 1. The van der Waals surface area contributed by atoms with Crippen LogP contribution in [0.4, 0.5) is 0 Å². The zero-order valence-electron chi connectivity index (χ0n) is 14.3. The number of allylic oxidation sites excluding steroid dienone is 1. The van der Waals surface area contributed by atoms with Gasteiger partial charge >= 0.3 is 0 Å². The van der Waals surface area contributed by atoms with Crippen LogP contribution in [-0.4, -0.2) is 15.6 Å². The highest BCUT2D eigenvalue weighted by atomic mass is 16.5. The number of ether oxygens (including phenoxy) is 1. The molecule has 6 nitrogen and oxygen atoms in total. The molecule has 0 aliphatic rings. The zero-order valence-corrected chi connectivity index (χ0v) is 14.3. The Balaban J connectivity index is 1.59. The van der Waals surface area contributed by atoms with Gasteiger partial charge in [0.25, 0.3) is 0 Å². The van der Waals surface area contributed by atoms with E-state index in [1.165, 1.54) is 6.08 Å². The van der Waals surface area contributed by atoms with Crippen molar-refractivity contribution < 1.29 is 13.9 Å². The third-order valence-corrected chi connectivity index (χ3v) is 3.71.